The lowest BCUT2D eigenvalue weighted by molar-refractivity contribution is -0.134. The van der Waals surface area contributed by atoms with Gasteiger partial charge in [0.15, 0.2) is 5.78 Å². The zero-order chi connectivity index (χ0) is 17.0. The summed E-state index contributed by atoms with van der Waals surface area (Å²) >= 11 is 0. The molecule has 3 nitrogen and oxygen atoms in total. The number of nitrogens with zero attached hydrogens (tertiary/aromatic N) is 1. The number of benzene rings is 2. The van der Waals surface area contributed by atoms with Crippen LogP contribution in [-0.2, 0) is 10.2 Å². The Morgan fingerprint density at radius 3 is 2.17 bits per heavy atom. The third-order valence-corrected chi connectivity index (χ3v) is 3.91. The van der Waals surface area contributed by atoms with Crippen molar-refractivity contribution >= 4 is 11.7 Å². The number of hydrogen-bond acceptors (Lipinski definition) is 2. The van der Waals surface area contributed by atoms with E-state index in [1.807, 2.05) is 6.07 Å². The van der Waals surface area contributed by atoms with E-state index in [-0.39, 0.29) is 18.2 Å². The smallest absolute Gasteiger partial charge is 0.232 e. The second-order valence-electron chi connectivity index (χ2n) is 6.06. The Morgan fingerprint density at radius 2 is 1.57 bits per heavy atom. The van der Waals surface area contributed by atoms with Crippen LogP contribution < -0.4 is 0 Å². The van der Waals surface area contributed by atoms with E-state index in [1.54, 1.807) is 63.4 Å². The third kappa shape index (κ3) is 3.65. The summed E-state index contributed by atoms with van der Waals surface area (Å²) in [5.41, 5.74) is -0.170. The summed E-state index contributed by atoms with van der Waals surface area (Å²) in [6, 6.07) is 15.0. The Morgan fingerprint density at radius 1 is 1.00 bits per heavy atom. The van der Waals surface area contributed by atoms with Crippen LogP contribution in [0.5, 0.6) is 0 Å². The molecule has 0 N–H and O–H groups in total. The first-order valence-corrected chi connectivity index (χ1v) is 7.43. The molecule has 0 heterocycles. The molecular weight excluding hydrogens is 293 g/mol. The first-order chi connectivity index (χ1) is 10.8. The highest BCUT2D eigenvalue weighted by molar-refractivity contribution is 6.00. The van der Waals surface area contributed by atoms with Gasteiger partial charge in [0.25, 0.3) is 0 Å². The van der Waals surface area contributed by atoms with Crippen LogP contribution in [0, 0.1) is 5.82 Å². The van der Waals surface area contributed by atoms with E-state index in [4.69, 9.17) is 0 Å². The van der Waals surface area contributed by atoms with Gasteiger partial charge in [-0.25, -0.2) is 4.39 Å². The van der Waals surface area contributed by atoms with Crippen molar-refractivity contribution in [3.05, 3.63) is 71.5 Å². The van der Waals surface area contributed by atoms with E-state index in [9.17, 15) is 14.0 Å². The highest BCUT2D eigenvalue weighted by Crippen LogP contribution is 2.27. The van der Waals surface area contributed by atoms with Crippen molar-refractivity contribution in [1.82, 2.24) is 4.90 Å². The van der Waals surface area contributed by atoms with Crippen LogP contribution in [0.2, 0.25) is 0 Å². The van der Waals surface area contributed by atoms with Crippen molar-refractivity contribution in [3.8, 4) is 0 Å². The summed E-state index contributed by atoms with van der Waals surface area (Å²) in [6.45, 7) is 3.29. The quantitative estimate of drug-likeness (QED) is 0.793. The molecular formula is C19H20FNO2. The molecule has 2 aromatic rings. The number of amides is 1. The van der Waals surface area contributed by atoms with Crippen molar-refractivity contribution < 1.29 is 14.0 Å². The molecule has 0 aliphatic carbocycles. The lowest BCUT2D eigenvalue weighted by atomic mass is 9.83. The van der Waals surface area contributed by atoms with E-state index < -0.39 is 11.2 Å². The minimum Gasteiger partial charge on any atom is -0.337 e. The molecule has 0 bridgehead atoms. The second-order valence-corrected chi connectivity index (χ2v) is 6.06. The summed E-state index contributed by atoms with van der Waals surface area (Å²) < 4.78 is 14.0. The van der Waals surface area contributed by atoms with Gasteiger partial charge >= 0.3 is 0 Å². The molecule has 0 saturated heterocycles. The zero-order valence-corrected chi connectivity index (χ0v) is 13.5. The molecule has 1 amide bonds. The fraction of sp³-hybridized carbons (Fsp3) is 0.263. The number of ketones is 1. The van der Waals surface area contributed by atoms with Gasteiger partial charge in [0.1, 0.15) is 5.82 Å². The number of halogens is 1. The fourth-order valence-electron chi connectivity index (χ4n) is 2.56. The molecule has 0 aliphatic heterocycles. The van der Waals surface area contributed by atoms with Crippen molar-refractivity contribution in [2.45, 2.75) is 19.3 Å². The standard InChI is InChI=1S/C19H20FNO2/c1-19(2,15-11-7-8-12-16(15)20)18(23)21(3)13-17(22)14-9-5-4-6-10-14/h4-12H,13H2,1-3H3. The summed E-state index contributed by atoms with van der Waals surface area (Å²) in [5, 5.41) is 0. The van der Waals surface area contributed by atoms with Gasteiger partial charge in [-0.2, -0.15) is 0 Å². The topological polar surface area (TPSA) is 37.4 Å². The van der Waals surface area contributed by atoms with Crippen LogP contribution in [0.4, 0.5) is 4.39 Å². The van der Waals surface area contributed by atoms with E-state index >= 15 is 0 Å². The molecule has 0 atom stereocenters. The van der Waals surface area contributed by atoms with Gasteiger partial charge in [0, 0.05) is 18.2 Å². The maximum absolute atomic E-state index is 14.0. The van der Waals surface area contributed by atoms with Crippen molar-refractivity contribution in [2.75, 3.05) is 13.6 Å². The van der Waals surface area contributed by atoms with Gasteiger partial charge < -0.3 is 4.90 Å². The Balaban J connectivity index is 2.16. The van der Waals surface area contributed by atoms with Crippen LogP contribution in [0.1, 0.15) is 29.8 Å². The van der Waals surface area contributed by atoms with E-state index in [1.165, 1.54) is 11.0 Å². The van der Waals surface area contributed by atoms with Crippen LogP contribution in [-0.4, -0.2) is 30.2 Å². The number of likely N-dealkylation sites (N-methyl/N-ethyl adjacent to an activating group) is 1. The lowest BCUT2D eigenvalue weighted by Crippen LogP contribution is -2.44. The molecule has 0 fully saturated rings. The minimum absolute atomic E-state index is 0.0409. The van der Waals surface area contributed by atoms with Gasteiger partial charge in [-0.05, 0) is 19.9 Å². The number of rotatable bonds is 5. The summed E-state index contributed by atoms with van der Waals surface area (Å²) in [5.74, 6) is -0.869. The van der Waals surface area contributed by atoms with Gasteiger partial charge in [0.05, 0.1) is 12.0 Å². The highest BCUT2D eigenvalue weighted by atomic mass is 19.1. The number of Topliss-reactive ketones (excluding diaryl/α,β-unsaturated/α-hetero) is 1. The first kappa shape index (κ1) is 16.9. The summed E-state index contributed by atoms with van der Waals surface area (Å²) in [4.78, 5) is 26.3. The maximum Gasteiger partial charge on any atom is 0.232 e. The predicted molar refractivity (Wildman–Crippen MR) is 87.8 cm³/mol. The second kappa shape index (κ2) is 6.73. The van der Waals surface area contributed by atoms with Crippen LogP contribution in [0.15, 0.2) is 54.6 Å². The molecule has 0 saturated carbocycles. The van der Waals surface area contributed by atoms with E-state index in [2.05, 4.69) is 0 Å². The van der Waals surface area contributed by atoms with Gasteiger partial charge in [-0.3, -0.25) is 9.59 Å². The first-order valence-electron chi connectivity index (χ1n) is 7.43. The van der Waals surface area contributed by atoms with Crippen LogP contribution >= 0.6 is 0 Å². The van der Waals surface area contributed by atoms with Gasteiger partial charge in [0.2, 0.25) is 5.91 Å². The molecule has 0 radical (unpaired) electrons. The highest BCUT2D eigenvalue weighted by Gasteiger charge is 2.35. The van der Waals surface area contributed by atoms with Crippen molar-refractivity contribution in [3.63, 3.8) is 0 Å². The van der Waals surface area contributed by atoms with Crippen LogP contribution in [0.3, 0.4) is 0 Å². The summed E-state index contributed by atoms with van der Waals surface area (Å²) in [7, 11) is 1.56. The third-order valence-electron chi connectivity index (χ3n) is 3.91. The Kier molecular flexibility index (Phi) is 4.94. The van der Waals surface area contributed by atoms with Gasteiger partial charge in [-0.1, -0.05) is 48.5 Å². The molecule has 4 heteroatoms. The monoisotopic (exact) mass is 313 g/mol. The van der Waals surface area contributed by atoms with E-state index in [0.717, 1.165) is 0 Å². The molecule has 0 aliphatic rings. The molecule has 120 valence electrons. The maximum atomic E-state index is 14.0. The molecule has 0 unspecified atom stereocenters. The molecule has 2 aromatic carbocycles. The Bertz CT molecular complexity index is 710. The number of hydrogen-bond donors (Lipinski definition) is 0. The van der Waals surface area contributed by atoms with Crippen molar-refractivity contribution in [1.29, 1.82) is 0 Å². The molecule has 0 spiro atoms. The predicted octanol–water partition coefficient (Wildman–Crippen LogP) is 3.44. The molecule has 23 heavy (non-hydrogen) atoms. The summed E-state index contributed by atoms with van der Waals surface area (Å²) in [6.07, 6.45) is 0. The van der Waals surface area contributed by atoms with E-state index in [0.29, 0.717) is 11.1 Å². The Labute approximate surface area is 135 Å². The largest absolute Gasteiger partial charge is 0.337 e. The number of carbonyl (C=O) groups is 2. The molecule has 2 rings (SSSR count). The fourth-order valence-corrected chi connectivity index (χ4v) is 2.56. The van der Waals surface area contributed by atoms with Crippen LogP contribution in [0.25, 0.3) is 0 Å². The van der Waals surface area contributed by atoms with Gasteiger partial charge in [-0.15, -0.1) is 0 Å². The number of carbonyl (C=O) groups excluding carboxylic acids is 2. The lowest BCUT2D eigenvalue weighted by Gasteiger charge is -2.29. The zero-order valence-electron chi connectivity index (χ0n) is 13.5. The average Bonchev–Trinajstić information content (AvgIpc) is 2.55. The SMILES string of the molecule is CN(CC(=O)c1ccccc1)C(=O)C(C)(C)c1ccccc1F. The van der Waals surface area contributed by atoms with Crippen molar-refractivity contribution in [2.24, 2.45) is 0 Å². The average molecular weight is 313 g/mol. The Hall–Kier alpha value is -2.49. The molecule has 0 aromatic heterocycles. The minimum atomic E-state index is -1.04. The normalized spacial score (nSPS) is 11.1.